The zero-order valence-electron chi connectivity index (χ0n) is 8.62. The summed E-state index contributed by atoms with van der Waals surface area (Å²) in [6.45, 7) is 2.97. The van der Waals surface area contributed by atoms with Crippen LogP contribution in [0.25, 0.3) is 0 Å². The molecule has 0 bridgehead atoms. The molecule has 2 N–H and O–H groups in total. The minimum absolute atomic E-state index is 0.392. The maximum Gasteiger partial charge on any atom is 0.233 e. The summed E-state index contributed by atoms with van der Waals surface area (Å²) in [7, 11) is 0. The number of aliphatic imine (C=N–C) groups is 1. The van der Waals surface area contributed by atoms with Crippen molar-refractivity contribution in [2.45, 2.75) is 13.5 Å². The molecule has 1 rings (SSSR count). The van der Waals surface area contributed by atoms with Gasteiger partial charge in [0.1, 0.15) is 8.32 Å². The fourth-order valence-corrected chi connectivity index (χ4v) is 2.11. The van der Waals surface area contributed by atoms with Gasteiger partial charge in [-0.1, -0.05) is 0 Å². The Hall–Kier alpha value is -0.440. The van der Waals surface area contributed by atoms with Crippen molar-refractivity contribution in [3.63, 3.8) is 0 Å². The number of nitrogens with zero attached hydrogens (tertiary/aromatic N) is 3. The van der Waals surface area contributed by atoms with Crippen molar-refractivity contribution >= 4 is 43.1 Å². The van der Waals surface area contributed by atoms with E-state index in [2.05, 4.69) is 26.0 Å². The summed E-state index contributed by atoms with van der Waals surface area (Å²) in [5.41, 5.74) is 6.27. The average Bonchev–Trinajstić information content (AvgIpc) is 2.54. The van der Waals surface area contributed by atoms with Gasteiger partial charge in [-0.3, -0.25) is 9.67 Å². The van der Waals surface area contributed by atoms with Crippen LogP contribution >= 0.6 is 38.5 Å². The molecule has 7 heteroatoms. The van der Waals surface area contributed by atoms with Crippen LogP contribution in [0.3, 0.4) is 0 Å². The Morgan fingerprint density at radius 3 is 2.94 bits per heavy atom. The van der Waals surface area contributed by atoms with Crippen LogP contribution in [0.15, 0.2) is 22.8 Å². The standard InChI is InChI=1S/C9H11BrFIN4/c1-2-14-9(10)6(4-13)5-16-8(12)3-7(11)15-16/h3-4H,2,5,13H2,1H3. The van der Waals surface area contributed by atoms with Crippen LogP contribution < -0.4 is 5.73 Å². The predicted octanol–water partition coefficient (Wildman–Crippen LogP) is 2.28. The average molecular weight is 401 g/mol. The molecular formula is C9H11BrFIN4. The molecule has 1 heterocycles. The van der Waals surface area contributed by atoms with Gasteiger partial charge in [0.05, 0.1) is 6.54 Å². The molecule has 0 aliphatic heterocycles. The van der Waals surface area contributed by atoms with Gasteiger partial charge in [0.15, 0.2) is 0 Å². The van der Waals surface area contributed by atoms with Crippen LogP contribution in [-0.2, 0) is 6.54 Å². The second-order valence-electron chi connectivity index (χ2n) is 2.90. The molecule has 1 aromatic rings. The first-order valence-electron chi connectivity index (χ1n) is 4.58. The van der Waals surface area contributed by atoms with E-state index in [0.717, 1.165) is 5.57 Å². The SMILES string of the molecule is CCN=C(Br)C(=CN)Cn1nc(F)cc1I. The Kier molecular flexibility index (Phi) is 5.39. The predicted molar refractivity (Wildman–Crippen MR) is 74.1 cm³/mol. The lowest BCUT2D eigenvalue weighted by molar-refractivity contribution is 0.538. The summed E-state index contributed by atoms with van der Waals surface area (Å²) >= 11 is 5.33. The maximum absolute atomic E-state index is 12.9. The van der Waals surface area contributed by atoms with E-state index in [1.165, 1.54) is 16.9 Å². The lowest BCUT2D eigenvalue weighted by Crippen LogP contribution is -2.11. The molecule has 0 aliphatic rings. The van der Waals surface area contributed by atoms with Crippen LogP contribution in [-0.4, -0.2) is 20.9 Å². The molecule has 0 radical (unpaired) electrons. The second-order valence-corrected chi connectivity index (χ2v) is 4.76. The van der Waals surface area contributed by atoms with E-state index >= 15 is 0 Å². The molecule has 0 atom stereocenters. The zero-order valence-corrected chi connectivity index (χ0v) is 12.4. The normalized spacial score (nSPS) is 13.2. The third-order valence-electron chi connectivity index (χ3n) is 1.78. The first kappa shape index (κ1) is 13.6. The number of nitrogens with two attached hydrogens (primary N) is 1. The van der Waals surface area contributed by atoms with Crippen molar-refractivity contribution < 1.29 is 4.39 Å². The van der Waals surface area contributed by atoms with Gasteiger partial charge in [-0.25, -0.2) is 0 Å². The molecule has 0 spiro atoms. The minimum Gasteiger partial charge on any atom is -0.404 e. The number of aromatic nitrogens is 2. The van der Waals surface area contributed by atoms with E-state index in [0.29, 0.717) is 21.4 Å². The molecule has 0 saturated carbocycles. The maximum atomic E-state index is 12.9. The van der Waals surface area contributed by atoms with Crippen LogP contribution in [0, 0.1) is 9.65 Å². The van der Waals surface area contributed by atoms with Gasteiger partial charge < -0.3 is 5.73 Å². The Balaban J connectivity index is 2.87. The van der Waals surface area contributed by atoms with E-state index in [1.807, 2.05) is 29.5 Å². The molecule has 0 fully saturated rings. The largest absolute Gasteiger partial charge is 0.404 e. The van der Waals surface area contributed by atoms with Crippen molar-refractivity contribution in [2.24, 2.45) is 10.7 Å². The summed E-state index contributed by atoms with van der Waals surface area (Å²) in [6.07, 6.45) is 1.44. The third kappa shape index (κ3) is 3.55. The third-order valence-corrected chi connectivity index (χ3v) is 3.41. The summed E-state index contributed by atoms with van der Waals surface area (Å²) < 4.78 is 15.8. The highest BCUT2D eigenvalue weighted by Crippen LogP contribution is 2.12. The number of allylic oxidation sites excluding steroid dienone is 1. The molecule has 0 amide bonds. The highest BCUT2D eigenvalue weighted by molar-refractivity contribution is 14.1. The second kappa shape index (κ2) is 6.33. The topological polar surface area (TPSA) is 56.2 Å². The van der Waals surface area contributed by atoms with Gasteiger partial charge in [-0.2, -0.15) is 4.39 Å². The highest BCUT2D eigenvalue weighted by Gasteiger charge is 2.09. The van der Waals surface area contributed by atoms with Crippen molar-refractivity contribution in [3.05, 3.63) is 27.5 Å². The molecule has 0 unspecified atom stereocenters. The van der Waals surface area contributed by atoms with Gasteiger partial charge >= 0.3 is 0 Å². The minimum atomic E-state index is -0.496. The van der Waals surface area contributed by atoms with Gasteiger partial charge in [-0.15, -0.1) is 5.10 Å². The number of hydrogen-bond donors (Lipinski definition) is 1. The van der Waals surface area contributed by atoms with Crippen LogP contribution in [0.2, 0.25) is 0 Å². The molecular weight excluding hydrogens is 390 g/mol. The molecule has 0 aromatic carbocycles. The van der Waals surface area contributed by atoms with Crippen LogP contribution in [0.4, 0.5) is 4.39 Å². The van der Waals surface area contributed by atoms with Crippen molar-refractivity contribution in [1.82, 2.24) is 9.78 Å². The number of rotatable bonds is 4. The van der Waals surface area contributed by atoms with E-state index in [-0.39, 0.29) is 0 Å². The molecule has 1 aromatic heterocycles. The summed E-state index contributed by atoms with van der Waals surface area (Å²) in [5.74, 6) is -0.496. The van der Waals surface area contributed by atoms with Crippen LogP contribution in [0.5, 0.6) is 0 Å². The summed E-state index contributed by atoms with van der Waals surface area (Å²) in [4.78, 5) is 4.18. The fourth-order valence-electron chi connectivity index (χ4n) is 1.06. The Morgan fingerprint density at radius 1 is 1.81 bits per heavy atom. The molecule has 4 nitrogen and oxygen atoms in total. The van der Waals surface area contributed by atoms with Gasteiger partial charge in [0.25, 0.3) is 0 Å². The van der Waals surface area contributed by atoms with E-state index < -0.39 is 5.95 Å². The van der Waals surface area contributed by atoms with E-state index in [4.69, 9.17) is 5.73 Å². The van der Waals surface area contributed by atoms with Crippen molar-refractivity contribution in [3.8, 4) is 0 Å². The Morgan fingerprint density at radius 2 is 2.50 bits per heavy atom. The lowest BCUT2D eigenvalue weighted by Gasteiger charge is -2.06. The summed E-state index contributed by atoms with van der Waals surface area (Å²) in [5, 5.41) is 3.71. The van der Waals surface area contributed by atoms with E-state index in [9.17, 15) is 4.39 Å². The lowest BCUT2D eigenvalue weighted by atomic mass is 10.3. The van der Waals surface area contributed by atoms with Gasteiger partial charge in [0.2, 0.25) is 5.95 Å². The molecule has 0 aliphatic carbocycles. The van der Waals surface area contributed by atoms with E-state index in [1.54, 1.807) is 0 Å². The fraction of sp³-hybridized carbons (Fsp3) is 0.333. The number of halogens is 3. The van der Waals surface area contributed by atoms with Crippen molar-refractivity contribution in [2.75, 3.05) is 6.54 Å². The monoisotopic (exact) mass is 400 g/mol. The molecule has 0 saturated heterocycles. The quantitative estimate of drug-likeness (QED) is 0.622. The number of hydrogen-bond acceptors (Lipinski definition) is 3. The van der Waals surface area contributed by atoms with Crippen LogP contribution in [0.1, 0.15) is 6.92 Å². The smallest absolute Gasteiger partial charge is 0.233 e. The first-order chi connectivity index (χ1) is 7.58. The van der Waals surface area contributed by atoms with Gasteiger partial charge in [0, 0.05) is 24.4 Å². The molecule has 16 heavy (non-hydrogen) atoms. The zero-order chi connectivity index (χ0) is 12.1. The summed E-state index contributed by atoms with van der Waals surface area (Å²) in [6, 6.07) is 1.36. The Bertz CT molecular complexity index is 427. The van der Waals surface area contributed by atoms with Crippen molar-refractivity contribution in [1.29, 1.82) is 0 Å². The first-order valence-corrected chi connectivity index (χ1v) is 6.45. The van der Waals surface area contributed by atoms with Gasteiger partial charge in [-0.05, 0) is 45.4 Å². The molecule has 88 valence electrons. The highest BCUT2D eigenvalue weighted by atomic mass is 127. The Labute approximate surface area is 115 Å².